The SMILES string of the molecule is CC(C)C1OCCCC1CNC(=O)C1CCNCC1.Cl. The van der Waals surface area contributed by atoms with E-state index < -0.39 is 0 Å². The molecule has 2 rings (SSSR count). The first-order valence-corrected chi connectivity index (χ1v) is 7.78. The fourth-order valence-electron chi connectivity index (χ4n) is 3.28. The Balaban J connectivity index is 0.00000200. The van der Waals surface area contributed by atoms with E-state index in [1.54, 1.807) is 0 Å². The van der Waals surface area contributed by atoms with Crippen LogP contribution in [0.1, 0.15) is 39.5 Å². The van der Waals surface area contributed by atoms with Crippen LogP contribution in [0.4, 0.5) is 0 Å². The summed E-state index contributed by atoms with van der Waals surface area (Å²) in [5, 5.41) is 6.46. The minimum Gasteiger partial charge on any atom is -0.378 e. The van der Waals surface area contributed by atoms with Crippen LogP contribution in [0, 0.1) is 17.8 Å². The monoisotopic (exact) mass is 304 g/mol. The number of ether oxygens (including phenoxy) is 1. The Bertz CT molecular complexity index is 294. The first-order valence-electron chi connectivity index (χ1n) is 7.78. The van der Waals surface area contributed by atoms with Crippen molar-refractivity contribution in [2.45, 2.75) is 45.6 Å². The van der Waals surface area contributed by atoms with Gasteiger partial charge in [-0.05, 0) is 44.7 Å². The van der Waals surface area contributed by atoms with Crippen molar-refractivity contribution in [1.29, 1.82) is 0 Å². The number of carbonyl (C=O) groups excluding carboxylic acids is 1. The van der Waals surface area contributed by atoms with Gasteiger partial charge in [0.1, 0.15) is 0 Å². The second-order valence-corrected chi connectivity index (χ2v) is 6.25. The molecule has 2 N–H and O–H groups in total. The number of carbonyl (C=O) groups is 1. The smallest absolute Gasteiger partial charge is 0.223 e. The van der Waals surface area contributed by atoms with Gasteiger partial charge in [-0.2, -0.15) is 0 Å². The van der Waals surface area contributed by atoms with E-state index in [9.17, 15) is 4.79 Å². The summed E-state index contributed by atoms with van der Waals surface area (Å²) in [6.07, 6.45) is 4.55. The third kappa shape index (κ3) is 4.90. The van der Waals surface area contributed by atoms with Crippen molar-refractivity contribution in [1.82, 2.24) is 10.6 Å². The lowest BCUT2D eigenvalue weighted by atomic mass is 9.87. The Morgan fingerprint density at radius 1 is 1.30 bits per heavy atom. The molecule has 2 atom stereocenters. The molecule has 1 amide bonds. The van der Waals surface area contributed by atoms with Gasteiger partial charge in [0.15, 0.2) is 0 Å². The Morgan fingerprint density at radius 3 is 2.65 bits per heavy atom. The fourth-order valence-corrected chi connectivity index (χ4v) is 3.28. The Kier molecular flexibility index (Phi) is 7.85. The molecule has 0 aromatic rings. The molecule has 2 aliphatic heterocycles. The molecule has 4 nitrogen and oxygen atoms in total. The Hall–Kier alpha value is -0.320. The summed E-state index contributed by atoms with van der Waals surface area (Å²) in [5.41, 5.74) is 0. The molecule has 2 aliphatic rings. The average Bonchev–Trinajstić information content (AvgIpc) is 2.46. The van der Waals surface area contributed by atoms with Gasteiger partial charge in [-0.15, -0.1) is 12.4 Å². The van der Waals surface area contributed by atoms with Gasteiger partial charge < -0.3 is 15.4 Å². The molecule has 118 valence electrons. The van der Waals surface area contributed by atoms with Gasteiger partial charge in [0.2, 0.25) is 5.91 Å². The van der Waals surface area contributed by atoms with Crippen molar-refractivity contribution >= 4 is 18.3 Å². The highest BCUT2D eigenvalue weighted by atomic mass is 35.5. The normalized spacial score (nSPS) is 27.9. The zero-order valence-corrected chi connectivity index (χ0v) is 13.5. The molecule has 0 bridgehead atoms. The van der Waals surface area contributed by atoms with E-state index in [2.05, 4.69) is 24.5 Å². The van der Waals surface area contributed by atoms with Crippen LogP contribution in [0.25, 0.3) is 0 Å². The van der Waals surface area contributed by atoms with Gasteiger partial charge in [-0.25, -0.2) is 0 Å². The molecule has 0 radical (unpaired) electrons. The fraction of sp³-hybridized carbons (Fsp3) is 0.933. The summed E-state index contributed by atoms with van der Waals surface area (Å²) in [6.45, 7) is 8.01. The lowest BCUT2D eigenvalue weighted by Crippen LogP contribution is -2.44. The molecule has 2 heterocycles. The van der Waals surface area contributed by atoms with E-state index in [0.717, 1.165) is 45.5 Å². The van der Waals surface area contributed by atoms with Gasteiger partial charge in [-0.1, -0.05) is 13.8 Å². The lowest BCUT2D eigenvalue weighted by molar-refractivity contribution is -0.126. The number of rotatable bonds is 4. The van der Waals surface area contributed by atoms with Gasteiger partial charge in [0, 0.05) is 25.0 Å². The zero-order valence-electron chi connectivity index (χ0n) is 12.7. The van der Waals surface area contributed by atoms with E-state index in [1.807, 2.05) is 0 Å². The number of hydrogen-bond acceptors (Lipinski definition) is 3. The van der Waals surface area contributed by atoms with Crippen LogP contribution in [0.5, 0.6) is 0 Å². The van der Waals surface area contributed by atoms with Crippen LogP contribution < -0.4 is 10.6 Å². The van der Waals surface area contributed by atoms with E-state index in [0.29, 0.717) is 17.9 Å². The van der Waals surface area contributed by atoms with Gasteiger partial charge in [0.25, 0.3) is 0 Å². The van der Waals surface area contributed by atoms with Crippen LogP contribution in [-0.2, 0) is 9.53 Å². The van der Waals surface area contributed by atoms with Crippen molar-refractivity contribution in [3.63, 3.8) is 0 Å². The molecular weight excluding hydrogens is 276 g/mol. The first kappa shape index (κ1) is 17.7. The number of piperidine rings is 1. The molecule has 0 aromatic heterocycles. The summed E-state index contributed by atoms with van der Waals surface area (Å²) in [7, 11) is 0. The van der Waals surface area contributed by atoms with E-state index in [4.69, 9.17) is 4.74 Å². The summed E-state index contributed by atoms with van der Waals surface area (Å²) in [6, 6.07) is 0. The van der Waals surface area contributed by atoms with Crippen LogP contribution in [0.2, 0.25) is 0 Å². The number of halogens is 1. The van der Waals surface area contributed by atoms with E-state index in [1.165, 1.54) is 6.42 Å². The highest BCUT2D eigenvalue weighted by Crippen LogP contribution is 2.26. The summed E-state index contributed by atoms with van der Waals surface area (Å²) < 4.78 is 5.87. The molecule has 0 spiro atoms. The summed E-state index contributed by atoms with van der Waals surface area (Å²) in [4.78, 5) is 12.1. The standard InChI is InChI=1S/C15H28N2O2.ClH/c1-11(2)14-13(4-3-9-19-14)10-17-15(18)12-5-7-16-8-6-12;/h11-14,16H,3-10H2,1-2H3,(H,17,18);1H. The van der Waals surface area contributed by atoms with Crippen molar-refractivity contribution in [3.8, 4) is 0 Å². The molecule has 2 saturated heterocycles. The highest BCUT2D eigenvalue weighted by Gasteiger charge is 2.29. The average molecular weight is 305 g/mol. The summed E-state index contributed by atoms with van der Waals surface area (Å²) >= 11 is 0. The lowest BCUT2D eigenvalue weighted by Gasteiger charge is -2.35. The van der Waals surface area contributed by atoms with E-state index >= 15 is 0 Å². The number of nitrogens with one attached hydrogen (secondary N) is 2. The first-order chi connectivity index (χ1) is 9.18. The van der Waals surface area contributed by atoms with Crippen molar-refractivity contribution in [2.24, 2.45) is 17.8 Å². The predicted octanol–water partition coefficient (Wildman–Crippen LogP) is 1.98. The zero-order chi connectivity index (χ0) is 13.7. The molecule has 5 heteroatoms. The molecule has 20 heavy (non-hydrogen) atoms. The number of amides is 1. The van der Waals surface area contributed by atoms with Gasteiger partial charge in [-0.3, -0.25) is 4.79 Å². The van der Waals surface area contributed by atoms with Gasteiger partial charge in [0.05, 0.1) is 6.10 Å². The Morgan fingerprint density at radius 2 is 2.00 bits per heavy atom. The maximum absolute atomic E-state index is 12.1. The Labute approximate surface area is 128 Å². The quantitative estimate of drug-likeness (QED) is 0.835. The van der Waals surface area contributed by atoms with Crippen molar-refractivity contribution in [2.75, 3.05) is 26.2 Å². The molecule has 2 fully saturated rings. The summed E-state index contributed by atoms with van der Waals surface area (Å²) in [5.74, 6) is 1.47. The van der Waals surface area contributed by atoms with Crippen molar-refractivity contribution in [3.05, 3.63) is 0 Å². The topological polar surface area (TPSA) is 50.4 Å². The largest absolute Gasteiger partial charge is 0.378 e. The molecule has 0 aromatic carbocycles. The third-order valence-electron chi connectivity index (χ3n) is 4.40. The van der Waals surface area contributed by atoms with Crippen LogP contribution in [0.15, 0.2) is 0 Å². The third-order valence-corrected chi connectivity index (χ3v) is 4.40. The van der Waals surface area contributed by atoms with Gasteiger partial charge >= 0.3 is 0 Å². The minimum atomic E-state index is 0. The maximum atomic E-state index is 12.1. The second-order valence-electron chi connectivity index (χ2n) is 6.25. The molecular formula is C15H29ClN2O2. The second kappa shape index (κ2) is 8.85. The minimum absolute atomic E-state index is 0. The van der Waals surface area contributed by atoms with E-state index in [-0.39, 0.29) is 24.2 Å². The molecule has 0 saturated carbocycles. The number of hydrogen-bond donors (Lipinski definition) is 2. The highest BCUT2D eigenvalue weighted by molar-refractivity contribution is 5.85. The van der Waals surface area contributed by atoms with Crippen LogP contribution in [-0.4, -0.2) is 38.3 Å². The molecule has 0 aliphatic carbocycles. The van der Waals surface area contributed by atoms with Crippen LogP contribution >= 0.6 is 12.4 Å². The molecule has 2 unspecified atom stereocenters. The maximum Gasteiger partial charge on any atom is 0.223 e. The predicted molar refractivity (Wildman–Crippen MR) is 83.2 cm³/mol. The van der Waals surface area contributed by atoms with Crippen LogP contribution in [0.3, 0.4) is 0 Å². The van der Waals surface area contributed by atoms with Crippen molar-refractivity contribution < 1.29 is 9.53 Å².